The molecule has 1 N–H and O–H groups in total. The minimum absolute atomic E-state index is 0.120. The van der Waals surface area contributed by atoms with Crippen LogP contribution in [0.5, 0.6) is 5.75 Å². The lowest BCUT2D eigenvalue weighted by molar-refractivity contribution is 0.344. The Morgan fingerprint density at radius 1 is 1.20 bits per heavy atom. The third-order valence-corrected chi connectivity index (χ3v) is 3.43. The van der Waals surface area contributed by atoms with Crippen LogP contribution in [0.1, 0.15) is 11.3 Å². The summed E-state index contributed by atoms with van der Waals surface area (Å²) in [6.07, 6.45) is 1.69. The van der Waals surface area contributed by atoms with Gasteiger partial charge >= 0.3 is 0 Å². The van der Waals surface area contributed by atoms with Gasteiger partial charge in [-0.1, -0.05) is 11.8 Å². The second kappa shape index (κ2) is 8.36. The maximum absolute atomic E-state index is 8.61. The highest BCUT2D eigenvalue weighted by molar-refractivity contribution is 7.98. The van der Waals surface area contributed by atoms with Crippen molar-refractivity contribution in [2.24, 2.45) is 0 Å². The van der Waals surface area contributed by atoms with E-state index in [0.29, 0.717) is 6.61 Å². The van der Waals surface area contributed by atoms with Crippen LogP contribution in [0.3, 0.4) is 0 Å². The van der Waals surface area contributed by atoms with Crippen LogP contribution in [-0.2, 0) is 5.75 Å². The number of hydrogen-bond donors (Lipinski definition) is 1. The van der Waals surface area contributed by atoms with Crippen molar-refractivity contribution in [1.82, 2.24) is 0 Å². The fourth-order valence-corrected chi connectivity index (χ4v) is 2.27. The monoisotopic (exact) mass is 288 g/mol. The Kier molecular flexibility index (Phi) is 6.09. The van der Waals surface area contributed by atoms with E-state index in [1.165, 1.54) is 0 Å². The molecule has 0 saturated heterocycles. The summed E-state index contributed by atoms with van der Waals surface area (Å²) in [6.45, 7) is 0.540. The molecule has 0 bridgehead atoms. The summed E-state index contributed by atoms with van der Waals surface area (Å²) in [4.78, 5) is 0. The van der Waals surface area contributed by atoms with E-state index >= 15 is 0 Å². The first-order valence-corrected chi connectivity index (χ1v) is 7.46. The highest BCUT2D eigenvalue weighted by Gasteiger charge is 1.97. The number of hydrogen-bond acceptors (Lipinski definition) is 4. The predicted molar refractivity (Wildman–Crippen MR) is 80.8 cm³/mol. The molecule has 0 fully saturated rings. The van der Waals surface area contributed by atoms with Crippen LogP contribution in [0.15, 0.2) is 47.1 Å². The number of thioether (sulfide) groups is 1. The van der Waals surface area contributed by atoms with Gasteiger partial charge in [0.2, 0.25) is 0 Å². The molecule has 1 aromatic heterocycles. The Morgan fingerprint density at radius 2 is 2.05 bits per heavy atom. The van der Waals surface area contributed by atoms with Crippen LogP contribution < -0.4 is 4.74 Å². The van der Waals surface area contributed by atoms with E-state index in [1.54, 1.807) is 18.0 Å². The Labute approximate surface area is 123 Å². The van der Waals surface area contributed by atoms with Crippen molar-refractivity contribution < 1.29 is 14.3 Å². The smallest absolute Gasteiger partial charge is 0.119 e. The minimum atomic E-state index is -0.120. The predicted octanol–water partition coefficient (Wildman–Crippen LogP) is 2.94. The number of aliphatic hydroxyl groups excluding tert-OH is 1. The fraction of sp³-hybridized carbons (Fsp3) is 0.250. The van der Waals surface area contributed by atoms with E-state index in [0.717, 1.165) is 28.6 Å². The quantitative estimate of drug-likeness (QED) is 0.655. The van der Waals surface area contributed by atoms with Crippen LogP contribution in [0.4, 0.5) is 0 Å². The molecular formula is C16H16O3S. The topological polar surface area (TPSA) is 42.6 Å². The molecule has 0 amide bonds. The molecule has 0 aliphatic rings. The van der Waals surface area contributed by atoms with Gasteiger partial charge in [-0.15, -0.1) is 0 Å². The van der Waals surface area contributed by atoms with E-state index in [1.807, 2.05) is 36.4 Å². The van der Waals surface area contributed by atoms with Crippen molar-refractivity contribution in [3.8, 4) is 17.6 Å². The lowest BCUT2D eigenvalue weighted by Crippen LogP contribution is -2.00. The van der Waals surface area contributed by atoms with Gasteiger partial charge in [0.15, 0.2) is 0 Å². The maximum Gasteiger partial charge on any atom is 0.119 e. The van der Waals surface area contributed by atoms with Crippen LogP contribution in [0.25, 0.3) is 0 Å². The Bertz CT molecular complexity index is 550. The Hall–Kier alpha value is -1.83. The molecule has 0 radical (unpaired) electrons. The van der Waals surface area contributed by atoms with Gasteiger partial charge in [-0.25, -0.2) is 0 Å². The molecule has 2 aromatic rings. The highest BCUT2D eigenvalue weighted by Crippen LogP contribution is 2.14. The summed E-state index contributed by atoms with van der Waals surface area (Å²) in [7, 11) is 0. The number of rotatable bonds is 6. The average molecular weight is 288 g/mol. The van der Waals surface area contributed by atoms with Crippen molar-refractivity contribution in [3.63, 3.8) is 0 Å². The van der Waals surface area contributed by atoms with Gasteiger partial charge in [0.25, 0.3) is 0 Å². The van der Waals surface area contributed by atoms with Crippen molar-refractivity contribution >= 4 is 11.8 Å². The zero-order valence-electron chi connectivity index (χ0n) is 11.0. The number of ether oxygens (including phenoxy) is 1. The molecule has 0 atom stereocenters. The zero-order chi connectivity index (χ0) is 14.0. The first-order valence-electron chi connectivity index (χ1n) is 6.31. The molecule has 2 rings (SSSR count). The second-order valence-corrected chi connectivity index (χ2v) is 5.07. The minimum Gasteiger partial charge on any atom is -0.493 e. The number of furan rings is 1. The van der Waals surface area contributed by atoms with Gasteiger partial charge in [0.1, 0.15) is 18.1 Å². The van der Waals surface area contributed by atoms with Gasteiger partial charge in [-0.2, -0.15) is 11.8 Å². The fourth-order valence-electron chi connectivity index (χ4n) is 1.56. The summed E-state index contributed by atoms with van der Waals surface area (Å²) >= 11 is 1.78. The molecule has 0 spiro atoms. The molecule has 1 aromatic carbocycles. The average Bonchev–Trinajstić information content (AvgIpc) is 2.99. The van der Waals surface area contributed by atoms with Crippen LogP contribution in [0, 0.1) is 11.8 Å². The summed E-state index contributed by atoms with van der Waals surface area (Å²) < 4.78 is 10.9. The first kappa shape index (κ1) is 14.6. The Morgan fingerprint density at radius 3 is 2.75 bits per heavy atom. The van der Waals surface area contributed by atoms with Crippen LogP contribution >= 0.6 is 11.8 Å². The van der Waals surface area contributed by atoms with Gasteiger partial charge < -0.3 is 14.3 Å². The second-order valence-electron chi connectivity index (χ2n) is 3.96. The van der Waals surface area contributed by atoms with Crippen molar-refractivity contribution in [3.05, 3.63) is 54.0 Å². The molecule has 0 unspecified atom stereocenters. The van der Waals surface area contributed by atoms with E-state index < -0.39 is 0 Å². The van der Waals surface area contributed by atoms with E-state index in [4.69, 9.17) is 14.3 Å². The van der Waals surface area contributed by atoms with Crippen molar-refractivity contribution in [2.75, 3.05) is 19.0 Å². The standard InChI is InChI=1S/C16H16O3S/c17-9-1-3-14-5-7-15(8-6-14)19-11-12-20-13-16-4-2-10-18-16/h2,4-8,10,17H,9,11-13H2. The van der Waals surface area contributed by atoms with E-state index in [9.17, 15) is 0 Å². The number of aliphatic hydroxyl groups is 1. The van der Waals surface area contributed by atoms with Gasteiger partial charge in [0, 0.05) is 11.3 Å². The van der Waals surface area contributed by atoms with Crippen LogP contribution in [-0.4, -0.2) is 24.1 Å². The lowest BCUT2D eigenvalue weighted by atomic mass is 10.2. The zero-order valence-corrected chi connectivity index (χ0v) is 11.9. The molecule has 104 valence electrons. The SMILES string of the molecule is OCC#Cc1ccc(OCCSCc2ccco2)cc1. The molecule has 0 aliphatic heterocycles. The molecule has 20 heavy (non-hydrogen) atoms. The van der Waals surface area contributed by atoms with Gasteiger partial charge in [-0.3, -0.25) is 0 Å². The van der Waals surface area contributed by atoms with Gasteiger partial charge in [0.05, 0.1) is 18.6 Å². The van der Waals surface area contributed by atoms with Gasteiger partial charge in [-0.05, 0) is 36.4 Å². The van der Waals surface area contributed by atoms with E-state index in [-0.39, 0.29) is 6.61 Å². The molecule has 3 nitrogen and oxygen atoms in total. The van der Waals surface area contributed by atoms with Crippen LogP contribution in [0.2, 0.25) is 0 Å². The first-order chi connectivity index (χ1) is 9.88. The molecule has 4 heteroatoms. The highest BCUT2D eigenvalue weighted by atomic mass is 32.2. The third kappa shape index (κ3) is 5.04. The molecule has 0 aliphatic carbocycles. The maximum atomic E-state index is 8.61. The normalized spacial score (nSPS) is 9.85. The van der Waals surface area contributed by atoms with Crippen molar-refractivity contribution in [2.45, 2.75) is 5.75 Å². The summed E-state index contributed by atoms with van der Waals surface area (Å²) in [5.41, 5.74) is 0.874. The lowest BCUT2D eigenvalue weighted by Gasteiger charge is -2.05. The molecular weight excluding hydrogens is 272 g/mol. The molecule has 1 heterocycles. The number of benzene rings is 1. The summed E-state index contributed by atoms with van der Waals surface area (Å²) in [6, 6.07) is 11.4. The van der Waals surface area contributed by atoms with Crippen molar-refractivity contribution in [1.29, 1.82) is 0 Å². The summed E-state index contributed by atoms with van der Waals surface area (Å²) in [5.74, 6) is 9.05. The molecule has 0 saturated carbocycles. The third-order valence-electron chi connectivity index (χ3n) is 2.49. The Balaban J connectivity index is 1.66. The summed E-state index contributed by atoms with van der Waals surface area (Å²) in [5, 5.41) is 8.61. The van der Waals surface area contributed by atoms with E-state index in [2.05, 4.69) is 11.8 Å². The largest absolute Gasteiger partial charge is 0.493 e.